The number of ether oxygens (including phenoxy) is 2. The molecule has 0 saturated carbocycles. The lowest BCUT2D eigenvalue weighted by Crippen LogP contribution is -2.66. The van der Waals surface area contributed by atoms with Gasteiger partial charge >= 0.3 is 0 Å². The van der Waals surface area contributed by atoms with E-state index in [1.807, 2.05) is 42.1 Å². The first-order valence-corrected chi connectivity index (χ1v) is 25.4. The first-order valence-electron chi connectivity index (χ1n) is 19.6. The van der Waals surface area contributed by atoms with Crippen molar-refractivity contribution in [3.63, 3.8) is 0 Å². The van der Waals surface area contributed by atoms with Gasteiger partial charge in [-0.05, 0) is 75.4 Å². The number of benzene rings is 4. The van der Waals surface area contributed by atoms with Crippen LogP contribution in [0.5, 0.6) is 5.75 Å². The van der Waals surface area contributed by atoms with Gasteiger partial charge in [0.05, 0.1) is 33.0 Å². The van der Waals surface area contributed by atoms with Crippen LogP contribution in [0.3, 0.4) is 0 Å². The van der Waals surface area contributed by atoms with Crippen molar-refractivity contribution in [2.45, 2.75) is 109 Å². The van der Waals surface area contributed by atoms with Crippen molar-refractivity contribution < 1.29 is 23.4 Å². The summed E-state index contributed by atoms with van der Waals surface area (Å²) < 4.78 is 26.2. The van der Waals surface area contributed by atoms with Gasteiger partial charge in [0.25, 0.3) is 8.32 Å². The molecule has 0 fully saturated rings. The summed E-state index contributed by atoms with van der Waals surface area (Å²) in [6.45, 7) is 24.0. The maximum atomic E-state index is 12.7. The average Bonchev–Trinajstić information content (AvgIpc) is 3.15. The van der Waals surface area contributed by atoms with Crippen LogP contribution in [-0.2, 0) is 20.2 Å². The third-order valence-electron chi connectivity index (χ3n) is 11.0. The highest BCUT2D eigenvalue weighted by atomic mass is 32.2. The van der Waals surface area contributed by atoms with Crippen molar-refractivity contribution in [2.24, 2.45) is 5.41 Å². The molecule has 1 N–H and O–H groups in total. The molecule has 8 heteroatoms. The Morgan fingerprint density at radius 2 is 1.25 bits per heavy atom. The van der Waals surface area contributed by atoms with Crippen LogP contribution < -0.4 is 15.1 Å². The van der Waals surface area contributed by atoms with E-state index in [1.54, 1.807) is 7.11 Å². The predicted octanol–water partition coefficient (Wildman–Crippen LogP) is 10.7. The van der Waals surface area contributed by atoms with Crippen molar-refractivity contribution in [3.05, 3.63) is 132 Å². The molecule has 55 heavy (non-hydrogen) atoms. The minimum Gasteiger partial charge on any atom is -0.497 e. The molecule has 0 radical (unpaired) electrons. The maximum Gasteiger partial charge on any atom is 0.261 e. The second kappa shape index (κ2) is 19.5. The third-order valence-corrected chi connectivity index (χ3v) is 22.0. The zero-order chi connectivity index (χ0) is 40.3. The molecular formula is C47H66O5SSi2. The molecule has 0 bridgehead atoms. The van der Waals surface area contributed by atoms with Crippen LogP contribution in [0.25, 0.3) is 0 Å². The van der Waals surface area contributed by atoms with Crippen LogP contribution in [-0.4, -0.2) is 60.0 Å². The summed E-state index contributed by atoms with van der Waals surface area (Å²) in [4.78, 5) is 1.21. The molecule has 0 aliphatic rings. The van der Waals surface area contributed by atoms with E-state index in [4.69, 9.17) is 18.3 Å². The first kappa shape index (κ1) is 44.8. The minimum absolute atomic E-state index is 0.0363. The van der Waals surface area contributed by atoms with Crippen LogP contribution in [0.15, 0.2) is 132 Å². The zero-order valence-electron chi connectivity index (χ0n) is 35.2. The van der Waals surface area contributed by atoms with E-state index < -0.39 is 28.8 Å². The van der Waals surface area contributed by atoms with Gasteiger partial charge in [-0.3, -0.25) is 0 Å². The molecule has 0 aromatic heterocycles. The Bertz CT molecular complexity index is 1710. The number of rotatable bonds is 19. The highest BCUT2D eigenvalue weighted by Gasteiger charge is 2.50. The molecule has 4 aromatic carbocycles. The quantitative estimate of drug-likeness (QED) is 0.0441. The molecule has 2 atom stereocenters. The van der Waals surface area contributed by atoms with Gasteiger partial charge in [-0.1, -0.05) is 152 Å². The minimum atomic E-state index is -2.81. The molecule has 0 unspecified atom stereocenters. The Morgan fingerprint density at radius 3 is 1.75 bits per heavy atom. The highest BCUT2D eigenvalue weighted by molar-refractivity contribution is 7.99. The fourth-order valence-corrected chi connectivity index (χ4v) is 13.7. The van der Waals surface area contributed by atoms with Gasteiger partial charge < -0.3 is 23.4 Å². The monoisotopic (exact) mass is 798 g/mol. The summed E-state index contributed by atoms with van der Waals surface area (Å²) in [5.74, 6) is 1.60. The highest BCUT2D eigenvalue weighted by Crippen LogP contribution is 2.43. The lowest BCUT2D eigenvalue weighted by atomic mass is 9.82. The molecule has 0 saturated heterocycles. The van der Waals surface area contributed by atoms with Crippen LogP contribution in [0, 0.1) is 5.41 Å². The van der Waals surface area contributed by atoms with Crippen molar-refractivity contribution in [3.8, 4) is 5.75 Å². The van der Waals surface area contributed by atoms with Crippen LogP contribution >= 0.6 is 11.8 Å². The molecule has 5 nitrogen and oxygen atoms in total. The van der Waals surface area contributed by atoms with Crippen molar-refractivity contribution in [1.29, 1.82) is 0 Å². The molecule has 298 valence electrons. The Morgan fingerprint density at radius 1 is 0.727 bits per heavy atom. The van der Waals surface area contributed by atoms with Gasteiger partial charge in [0.15, 0.2) is 8.32 Å². The van der Waals surface area contributed by atoms with E-state index >= 15 is 0 Å². The zero-order valence-corrected chi connectivity index (χ0v) is 38.0. The second-order valence-corrected chi connectivity index (χ2v) is 27.8. The van der Waals surface area contributed by atoms with E-state index in [2.05, 4.69) is 159 Å². The van der Waals surface area contributed by atoms with Crippen LogP contribution in [0.1, 0.15) is 67.4 Å². The van der Waals surface area contributed by atoms with Crippen molar-refractivity contribution >= 4 is 38.8 Å². The Hall–Kier alpha value is -2.96. The molecule has 4 aromatic rings. The van der Waals surface area contributed by atoms with Gasteiger partial charge in [0.1, 0.15) is 11.9 Å². The molecule has 0 heterocycles. The van der Waals surface area contributed by atoms with E-state index in [1.165, 1.54) is 15.3 Å². The predicted molar refractivity (Wildman–Crippen MR) is 238 cm³/mol. The van der Waals surface area contributed by atoms with Gasteiger partial charge in [0, 0.05) is 16.1 Å². The van der Waals surface area contributed by atoms with Gasteiger partial charge in [-0.25, -0.2) is 0 Å². The standard InChI is InChI=1S/C47H66O5SSi2/c1-45(2,3)54(10,11)52-44(47(7,8)36-53-40-21-15-12-16-22-40)43(48)38(31-33-50-35-37-27-29-39(49-9)30-28-37)32-34-51-55(46(4,5)6,41-23-17-13-18-24-41)42-25-19-14-20-26-42/h12-30,32,43-44,48H,31,33-36H2,1-11H3/b38-32+/t43-,44-/m0/s1. The maximum absolute atomic E-state index is 12.7. The molecule has 0 amide bonds. The smallest absolute Gasteiger partial charge is 0.261 e. The van der Waals surface area contributed by atoms with E-state index in [9.17, 15) is 5.11 Å². The molecule has 0 aliphatic carbocycles. The van der Waals surface area contributed by atoms with Gasteiger partial charge in [-0.15, -0.1) is 11.8 Å². The fraction of sp³-hybridized carbons (Fsp3) is 0.447. The van der Waals surface area contributed by atoms with E-state index in [-0.39, 0.29) is 15.5 Å². The van der Waals surface area contributed by atoms with Crippen LogP contribution in [0.2, 0.25) is 23.2 Å². The topological polar surface area (TPSA) is 57.2 Å². The summed E-state index contributed by atoms with van der Waals surface area (Å²) in [6.07, 6.45) is 1.35. The summed E-state index contributed by atoms with van der Waals surface area (Å²) in [7, 11) is -3.46. The van der Waals surface area contributed by atoms with E-state index in [0.717, 1.165) is 22.6 Å². The lowest BCUT2D eigenvalue weighted by molar-refractivity contribution is -0.0190. The Balaban J connectivity index is 1.73. The van der Waals surface area contributed by atoms with E-state index in [0.29, 0.717) is 26.2 Å². The summed E-state index contributed by atoms with van der Waals surface area (Å²) >= 11 is 1.81. The second-order valence-electron chi connectivity index (χ2n) is 17.7. The molecule has 0 spiro atoms. The molecular weight excluding hydrogens is 733 g/mol. The molecule has 0 aliphatic heterocycles. The van der Waals surface area contributed by atoms with Crippen molar-refractivity contribution in [1.82, 2.24) is 0 Å². The third kappa shape index (κ3) is 11.8. The summed E-state index contributed by atoms with van der Waals surface area (Å²) in [5, 5.41) is 15.0. The average molecular weight is 799 g/mol. The normalized spacial score (nSPS) is 14.4. The number of hydrogen-bond acceptors (Lipinski definition) is 6. The Labute approximate surface area is 339 Å². The number of methoxy groups -OCH3 is 1. The Kier molecular flexibility index (Phi) is 15.8. The molecule has 4 rings (SSSR count). The number of thioether (sulfide) groups is 1. The number of aliphatic hydroxyl groups excluding tert-OH is 1. The lowest BCUT2D eigenvalue weighted by Gasteiger charge is -2.46. The largest absolute Gasteiger partial charge is 0.497 e. The number of hydrogen-bond donors (Lipinski definition) is 1. The van der Waals surface area contributed by atoms with Crippen molar-refractivity contribution in [2.75, 3.05) is 26.1 Å². The first-order chi connectivity index (χ1) is 25.9. The van der Waals surface area contributed by atoms with Crippen LogP contribution in [0.4, 0.5) is 0 Å². The number of aliphatic hydroxyl groups is 1. The summed E-state index contributed by atoms with van der Waals surface area (Å²) in [5.41, 5.74) is 1.58. The summed E-state index contributed by atoms with van der Waals surface area (Å²) in [6, 6.07) is 39.9. The fourth-order valence-electron chi connectivity index (χ4n) is 6.72. The van der Waals surface area contributed by atoms with Gasteiger partial charge in [0.2, 0.25) is 0 Å². The SMILES string of the molecule is COc1ccc(COCC/C(=C\CO[Si](c2ccccc2)(c2ccccc2)C(C)(C)C)[C@H](O)[C@H](O[Si](C)(C)C(C)(C)C)C(C)(C)CSc2ccccc2)cc1. The van der Waals surface area contributed by atoms with Gasteiger partial charge in [-0.2, -0.15) is 0 Å².